The third-order valence-corrected chi connectivity index (χ3v) is 8.79. The van der Waals surface area contributed by atoms with Gasteiger partial charge in [0, 0.05) is 29.2 Å². The number of aryl methyl sites for hydroxylation is 1. The number of ether oxygens (including phenoxy) is 2. The van der Waals surface area contributed by atoms with E-state index in [-0.39, 0.29) is 22.9 Å². The molecule has 0 radical (unpaired) electrons. The number of likely N-dealkylation sites (N-methyl/N-ethyl adjacent to an activating group) is 1. The first-order chi connectivity index (χ1) is 19.4. The number of carbonyl (C=O) groups excluding carboxylic acids is 2. The molecule has 0 saturated carbocycles. The number of rotatable bonds is 12. The third kappa shape index (κ3) is 7.63. The highest BCUT2D eigenvalue weighted by Gasteiger charge is 2.33. The molecule has 3 aromatic rings. The lowest BCUT2D eigenvalue weighted by atomic mass is 10.1. The molecule has 0 aliphatic heterocycles. The first kappa shape index (κ1) is 32.0. The fourth-order valence-corrected chi connectivity index (χ4v) is 5.96. The van der Waals surface area contributed by atoms with Crippen LogP contribution in [-0.4, -0.2) is 58.5 Å². The van der Waals surface area contributed by atoms with Crippen LogP contribution in [0.1, 0.15) is 25.0 Å². The molecule has 3 aromatic carbocycles. The molecule has 1 atom stereocenters. The predicted octanol–water partition coefficient (Wildman–Crippen LogP) is 5.07. The quantitative estimate of drug-likeness (QED) is 0.303. The molecule has 9 nitrogen and oxygen atoms in total. The van der Waals surface area contributed by atoms with Crippen LogP contribution in [0.5, 0.6) is 11.5 Å². The van der Waals surface area contributed by atoms with Crippen molar-refractivity contribution in [2.24, 2.45) is 0 Å². The maximum atomic E-state index is 14.0. The Morgan fingerprint density at radius 1 is 0.951 bits per heavy atom. The smallest absolute Gasteiger partial charge is 0.264 e. The van der Waals surface area contributed by atoms with E-state index in [9.17, 15) is 18.0 Å². The fourth-order valence-electron chi connectivity index (χ4n) is 4.08. The molecule has 220 valence electrons. The van der Waals surface area contributed by atoms with Crippen molar-refractivity contribution in [3.63, 3.8) is 0 Å². The molecule has 0 unspecified atom stereocenters. The standard InChI is InChI=1S/C29H33Cl2N3O6S/c1-6-32-29(36)20(3)33(17-21-9-10-22(30)15-25(21)31)28(35)18-34(23-11-14-26(39-4)27(16-23)40-5)41(37,38)24-12-7-19(2)8-13-24/h7-16,20H,6,17-18H2,1-5H3,(H,32,36)/t20-/m0/s1. The van der Waals surface area contributed by atoms with Crippen molar-refractivity contribution in [3.8, 4) is 11.5 Å². The molecule has 0 saturated heterocycles. The molecular formula is C29H33Cl2N3O6S. The monoisotopic (exact) mass is 621 g/mol. The van der Waals surface area contributed by atoms with Crippen molar-refractivity contribution in [1.29, 1.82) is 0 Å². The van der Waals surface area contributed by atoms with Gasteiger partial charge in [-0.2, -0.15) is 0 Å². The van der Waals surface area contributed by atoms with Gasteiger partial charge in [-0.3, -0.25) is 13.9 Å². The van der Waals surface area contributed by atoms with E-state index in [2.05, 4.69) is 5.32 Å². The Bertz CT molecular complexity index is 1500. The van der Waals surface area contributed by atoms with Gasteiger partial charge in [0.25, 0.3) is 10.0 Å². The van der Waals surface area contributed by atoms with Crippen molar-refractivity contribution in [2.75, 3.05) is 31.6 Å². The molecule has 0 heterocycles. The first-order valence-corrected chi connectivity index (χ1v) is 14.9. The molecule has 2 amide bonds. The zero-order valence-electron chi connectivity index (χ0n) is 23.5. The summed E-state index contributed by atoms with van der Waals surface area (Å²) in [5.41, 5.74) is 1.59. The minimum atomic E-state index is -4.24. The van der Waals surface area contributed by atoms with E-state index in [1.165, 1.54) is 49.5 Å². The van der Waals surface area contributed by atoms with Crippen LogP contribution in [0.15, 0.2) is 65.6 Å². The van der Waals surface area contributed by atoms with Crippen LogP contribution in [0.4, 0.5) is 5.69 Å². The second kappa shape index (κ2) is 13.9. The number of amides is 2. The van der Waals surface area contributed by atoms with Crippen LogP contribution in [-0.2, 0) is 26.2 Å². The minimum Gasteiger partial charge on any atom is -0.493 e. The van der Waals surface area contributed by atoms with Gasteiger partial charge in [0.2, 0.25) is 11.8 Å². The average Bonchev–Trinajstić information content (AvgIpc) is 2.95. The van der Waals surface area contributed by atoms with Gasteiger partial charge in [-0.05, 0) is 62.7 Å². The van der Waals surface area contributed by atoms with Crippen LogP contribution in [0.3, 0.4) is 0 Å². The Hall–Kier alpha value is -3.47. The van der Waals surface area contributed by atoms with Crippen LogP contribution in [0.2, 0.25) is 10.0 Å². The van der Waals surface area contributed by atoms with E-state index in [0.717, 1.165) is 9.87 Å². The highest BCUT2D eigenvalue weighted by molar-refractivity contribution is 7.92. The lowest BCUT2D eigenvalue weighted by Crippen LogP contribution is -2.51. The number of carbonyl (C=O) groups is 2. The molecule has 12 heteroatoms. The van der Waals surface area contributed by atoms with E-state index >= 15 is 0 Å². The number of nitrogens with one attached hydrogen (secondary N) is 1. The minimum absolute atomic E-state index is 0.00486. The van der Waals surface area contributed by atoms with Gasteiger partial charge < -0.3 is 19.7 Å². The average molecular weight is 623 g/mol. The van der Waals surface area contributed by atoms with Crippen LogP contribution >= 0.6 is 23.2 Å². The van der Waals surface area contributed by atoms with Crippen LogP contribution in [0, 0.1) is 6.92 Å². The number of anilines is 1. The van der Waals surface area contributed by atoms with Crippen molar-refractivity contribution in [2.45, 2.75) is 38.3 Å². The summed E-state index contributed by atoms with van der Waals surface area (Å²) < 4.78 is 39.6. The summed E-state index contributed by atoms with van der Waals surface area (Å²) in [6, 6.07) is 14.7. The van der Waals surface area contributed by atoms with E-state index in [0.29, 0.717) is 27.9 Å². The Balaban J connectivity index is 2.11. The molecule has 0 bridgehead atoms. The van der Waals surface area contributed by atoms with Gasteiger partial charge in [-0.25, -0.2) is 8.42 Å². The van der Waals surface area contributed by atoms with Gasteiger partial charge in [0.15, 0.2) is 11.5 Å². The maximum absolute atomic E-state index is 14.0. The Kier molecular flexibility index (Phi) is 10.9. The third-order valence-electron chi connectivity index (χ3n) is 6.42. The van der Waals surface area contributed by atoms with E-state index in [1.807, 2.05) is 6.92 Å². The van der Waals surface area contributed by atoms with E-state index in [1.54, 1.807) is 44.2 Å². The second-order valence-corrected chi connectivity index (χ2v) is 11.9. The summed E-state index contributed by atoms with van der Waals surface area (Å²) in [6.45, 7) is 4.86. The number of benzene rings is 3. The van der Waals surface area contributed by atoms with Crippen molar-refractivity contribution < 1.29 is 27.5 Å². The second-order valence-electron chi connectivity index (χ2n) is 9.19. The van der Waals surface area contributed by atoms with Crippen molar-refractivity contribution in [3.05, 3.63) is 81.8 Å². The van der Waals surface area contributed by atoms with Crippen LogP contribution in [0.25, 0.3) is 0 Å². The highest BCUT2D eigenvalue weighted by atomic mass is 35.5. The molecule has 0 aromatic heterocycles. The van der Waals surface area contributed by atoms with Crippen molar-refractivity contribution in [1.82, 2.24) is 10.2 Å². The largest absolute Gasteiger partial charge is 0.493 e. The van der Waals surface area contributed by atoms with Gasteiger partial charge in [-0.15, -0.1) is 0 Å². The summed E-state index contributed by atoms with van der Waals surface area (Å²) in [6.07, 6.45) is 0. The van der Waals surface area contributed by atoms with Crippen LogP contribution < -0.4 is 19.1 Å². The van der Waals surface area contributed by atoms with E-state index < -0.39 is 34.4 Å². The zero-order chi connectivity index (χ0) is 30.3. The summed E-state index contributed by atoms with van der Waals surface area (Å²) >= 11 is 12.4. The van der Waals surface area contributed by atoms with Crippen molar-refractivity contribution >= 4 is 50.7 Å². The summed E-state index contributed by atoms with van der Waals surface area (Å²) in [7, 11) is -1.35. The molecule has 3 rings (SSSR count). The Morgan fingerprint density at radius 3 is 2.20 bits per heavy atom. The van der Waals surface area contributed by atoms with Gasteiger partial charge in [0.05, 0.1) is 24.8 Å². The molecule has 0 fully saturated rings. The van der Waals surface area contributed by atoms with Gasteiger partial charge in [-0.1, -0.05) is 47.0 Å². The molecule has 1 N–H and O–H groups in total. The zero-order valence-corrected chi connectivity index (χ0v) is 25.8. The highest BCUT2D eigenvalue weighted by Crippen LogP contribution is 2.34. The normalized spacial score (nSPS) is 11.9. The maximum Gasteiger partial charge on any atom is 0.264 e. The number of sulfonamides is 1. The molecule has 0 spiro atoms. The molecule has 41 heavy (non-hydrogen) atoms. The Morgan fingerprint density at radius 2 is 1.61 bits per heavy atom. The topological polar surface area (TPSA) is 105 Å². The summed E-state index contributed by atoms with van der Waals surface area (Å²) in [5, 5.41) is 3.44. The number of hydrogen-bond donors (Lipinski definition) is 1. The molecule has 0 aliphatic carbocycles. The lowest BCUT2D eigenvalue weighted by molar-refractivity contribution is -0.139. The van der Waals surface area contributed by atoms with E-state index in [4.69, 9.17) is 32.7 Å². The number of methoxy groups -OCH3 is 2. The Labute approximate surface area is 251 Å². The molecular weight excluding hydrogens is 589 g/mol. The number of nitrogens with zero attached hydrogens (tertiary/aromatic N) is 2. The molecule has 0 aliphatic rings. The SMILES string of the molecule is CCNC(=O)[C@H](C)N(Cc1ccc(Cl)cc1Cl)C(=O)CN(c1ccc(OC)c(OC)c1)S(=O)(=O)c1ccc(C)cc1. The number of hydrogen-bond acceptors (Lipinski definition) is 6. The number of halogens is 2. The summed E-state index contributed by atoms with van der Waals surface area (Å²) in [4.78, 5) is 28.1. The van der Waals surface area contributed by atoms with Gasteiger partial charge >= 0.3 is 0 Å². The fraction of sp³-hybridized carbons (Fsp3) is 0.310. The first-order valence-electron chi connectivity index (χ1n) is 12.8. The van der Waals surface area contributed by atoms with Gasteiger partial charge in [0.1, 0.15) is 12.6 Å². The lowest BCUT2D eigenvalue weighted by Gasteiger charge is -2.32. The summed E-state index contributed by atoms with van der Waals surface area (Å²) in [5.74, 6) is -0.355. The predicted molar refractivity (Wildman–Crippen MR) is 160 cm³/mol.